The molecule has 0 fully saturated rings. The first-order valence-corrected chi connectivity index (χ1v) is 11.1. The smallest absolute Gasteiger partial charge is 0.744 e. The number of amides is 1. The number of carbonyl (C=O) groups is 1. The van der Waals surface area contributed by atoms with E-state index in [0.29, 0.717) is 17.1 Å². The Morgan fingerprint density at radius 2 is 1.73 bits per heavy atom. The number of H-pyrrole nitrogens is 1. The zero-order valence-corrected chi connectivity index (χ0v) is 22.9. The van der Waals surface area contributed by atoms with E-state index in [1.165, 1.54) is 0 Å². The third-order valence-electron chi connectivity index (χ3n) is 3.93. The fourth-order valence-corrected chi connectivity index (χ4v) is 3.80. The molecule has 0 saturated carbocycles. The molecule has 0 aliphatic rings. The summed E-state index contributed by atoms with van der Waals surface area (Å²) in [4.78, 5) is 28.8. The summed E-state index contributed by atoms with van der Waals surface area (Å²) in [7, 11) is -10.2. The van der Waals surface area contributed by atoms with Crippen molar-refractivity contribution >= 4 is 43.4 Å². The van der Waals surface area contributed by atoms with Crippen molar-refractivity contribution in [2.75, 3.05) is 0 Å². The summed E-state index contributed by atoms with van der Waals surface area (Å²) in [6.45, 7) is 0. The van der Waals surface area contributed by atoms with Gasteiger partial charge < -0.3 is 14.1 Å². The average Bonchev–Trinajstić information content (AvgIpc) is 2.67. The van der Waals surface area contributed by atoms with Crippen molar-refractivity contribution < 1.29 is 89.9 Å². The second kappa shape index (κ2) is 11.8. The largest absolute Gasteiger partial charge is 1.00 e. The van der Waals surface area contributed by atoms with Gasteiger partial charge in [0.25, 0.3) is 5.56 Å². The quantitative estimate of drug-likeness (QED) is 0.140. The molecule has 0 unspecified atom stereocenters. The van der Waals surface area contributed by atoms with E-state index in [9.17, 15) is 35.5 Å². The van der Waals surface area contributed by atoms with Crippen molar-refractivity contribution in [2.45, 2.75) is 16.2 Å². The third kappa shape index (κ3) is 7.78. The van der Waals surface area contributed by atoms with Gasteiger partial charge in [-0.1, -0.05) is 18.2 Å². The van der Waals surface area contributed by atoms with Crippen molar-refractivity contribution in [3.05, 3.63) is 64.1 Å². The number of hydrogen-bond acceptors (Lipinski definition) is 10. The maximum absolute atomic E-state index is 12.0. The van der Waals surface area contributed by atoms with Gasteiger partial charge in [-0.2, -0.15) is 5.10 Å². The van der Waals surface area contributed by atoms with E-state index >= 15 is 0 Å². The molecule has 0 atom stereocenters. The normalized spacial score (nSPS) is 11.6. The summed E-state index contributed by atoms with van der Waals surface area (Å²) in [6, 6.07) is 8.76. The molecule has 12 nitrogen and oxygen atoms in total. The number of carbonyl (C=O) groups excluding carboxylic acids is 1. The standard InChI is InChI=1S/C17H14N4O8S2.2Na/c22-16(8-14-17(23)20-13-4-2-1-3-12(13)19-14)21-18-9-10-5-6-11(30(24,25)26)7-15(10)31(27,28)29;;/h1-7,9H,8H2,(H,20,23)(H,21,22)(H,24,25,26)(H,27,28,29);;/q;2*+1/p-2/b18-9+;;. The van der Waals surface area contributed by atoms with Crippen LogP contribution in [-0.2, 0) is 31.5 Å². The van der Waals surface area contributed by atoms with Crippen molar-refractivity contribution in [3.8, 4) is 0 Å². The van der Waals surface area contributed by atoms with Crippen LogP contribution >= 0.6 is 0 Å². The van der Waals surface area contributed by atoms with Crippen molar-refractivity contribution in [2.24, 2.45) is 5.10 Å². The van der Waals surface area contributed by atoms with Gasteiger partial charge in [0, 0.05) is 5.56 Å². The van der Waals surface area contributed by atoms with Crippen LogP contribution in [0.1, 0.15) is 11.3 Å². The minimum atomic E-state index is -5.15. The number of benzene rings is 2. The van der Waals surface area contributed by atoms with E-state index in [-0.39, 0.29) is 70.4 Å². The van der Waals surface area contributed by atoms with Gasteiger partial charge in [0.15, 0.2) is 0 Å². The molecule has 0 spiro atoms. The zero-order valence-electron chi connectivity index (χ0n) is 17.3. The minimum Gasteiger partial charge on any atom is -0.744 e. The molecular formula is C17H12N4Na2O8S2. The average molecular weight is 510 g/mol. The number of fused-ring (bicyclic) bond motifs is 1. The summed E-state index contributed by atoms with van der Waals surface area (Å²) >= 11 is 0. The van der Waals surface area contributed by atoms with Crippen LogP contribution in [0.2, 0.25) is 0 Å². The number of hydrogen-bond donors (Lipinski definition) is 2. The second-order valence-corrected chi connectivity index (χ2v) is 8.84. The maximum Gasteiger partial charge on any atom is 1.00 e. The summed E-state index contributed by atoms with van der Waals surface area (Å²) in [6.07, 6.45) is 0.333. The SMILES string of the molecule is O=C(Cc1nc2ccccc2[nH]c1=O)N/N=C/c1ccc(S(=O)(=O)[O-])cc1S(=O)(=O)[O-].[Na+].[Na+]. The first kappa shape index (κ1) is 29.6. The molecule has 0 aliphatic carbocycles. The van der Waals surface area contributed by atoms with E-state index in [0.717, 1.165) is 18.3 Å². The first-order chi connectivity index (χ1) is 14.4. The molecule has 162 valence electrons. The van der Waals surface area contributed by atoms with Crippen LogP contribution in [0.4, 0.5) is 0 Å². The Balaban J connectivity index is 0.00000272. The first-order valence-electron chi connectivity index (χ1n) is 8.31. The molecule has 16 heteroatoms. The summed E-state index contributed by atoms with van der Waals surface area (Å²) in [5.74, 6) is -0.769. The fourth-order valence-electron chi connectivity index (χ4n) is 2.55. The Bertz CT molecular complexity index is 1490. The molecule has 3 rings (SSSR count). The number of nitrogens with zero attached hydrogens (tertiary/aromatic N) is 2. The van der Waals surface area contributed by atoms with Gasteiger partial charge in [0.1, 0.15) is 25.9 Å². The molecular weight excluding hydrogens is 498 g/mol. The molecule has 0 saturated heterocycles. The fraction of sp³-hybridized carbons (Fsp3) is 0.0588. The number of aromatic nitrogens is 2. The Labute approximate surface area is 232 Å². The molecule has 1 aromatic heterocycles. The second-order valence-electron chi connectivity index (χ2n) is 6.11. The number of rotatable bonds is 6. The Hall–Kier alpha value is -1.46. The molecule has 3 aromatic rings. The molecule has 2 N–H and O–H groups in total. The molecule has 0 bridgehead atoms. The molecule has 2 aromatic carbocycles. The number of para-hydroxylation sites is 2. The summed E-state index contributed by atoms with van der Waals surface area (Å²) < 4.78 is 67.2. The third-order valence-corrected chi connectivity index (χ3v) is 5.66. The van der Waals surface area contributed by atoms with Crippen molar-refractivity contribution in [1.29, 1.82) is 0 Å². The van der Waals surface area contributed by atoms with Crippen LogP contribution in [0.3, 0.4) is 0 Å². The number of hydrazone groups is 1. The summed E-state index contributed by atoms with van der Waals surface area (Å²) in [5, 5.41) is 3.50. The van der Waals surface area contributed by atoms with Crippen LogP contribution in [0, 0.1) is 0 Å². The van der Waals surface area contributed by atoms with Crippen LogP contribution in [0.25, 0.3) is 11.0 Å². The van der Waals surface area contributed by atoms with E-state index < -0.39 is 47.9 Å². The van der Waals surface area contributed by atoms with Crippen LogP contribution in [-0.4, -0.2) is 48.0 Å². The molecule has 1 heterocycles. The van der Waals surface area contributed by atoms with Crippen LogP contribution in [0.5, 0.6) is 0 Å². The van der Waals surface area contributed by atoms with E-state index in [1.807, 2.05) is 5.43 Å². The van der Waals surface area contributed by atoms with Gasteiger partial charge in [-0.15, -0.1) is 0 Å². The predicted octanol–water partition coefficient (Wildman–Crippen LogP) is -6.57. The summed E-state index contributed by atoms with van der Waals surface area (Å²) in [5.41, 5.74) is 1.98. The monoisotopic (exact) mass is 510 g/mol. The van der Waals surface area contributed by atoms with Gasteiger partial charge in [-0.05, 0) is 24.3 Å². The van der Waals surface area contributed by atoms with Crippen LogP contribution < -0.4 is 70.1 Å². The number of aromatic amines is 1. The Morgan fingerprint density at radius 1 is 1.06 bits per heavy atom. The Kier molecular flexibility index (Phi) is 10.6. The topological polar surface area (TPSA) is 202 Å². The van der Waals surface area contributed by atoms with Gasteiger partial charge in [-0.3, -0.25) is 9.59 Å². The Morgan fingerprint density at radius 3 is 2.36 bits per heavy atom. The van der Waals surface area contributed by atoms with Crippen LogP contribution in [0.15, 0.2) is 62.2 Å². The van der Waals surface area contributed by atoms with Crippen molar-refractivity contribution in [1.82, 2.24) is 15.4 Å². The van der Waals surface area contributed by atoms with Gasteiger partial charge >= 0.3 is 59.1 Å². The maximum atomic E-state index is 12.0. The van der Waals surface area contributed by atoms with Gasteiger partial charge in [-0.25, -0.2) is 27.2 Å². The van der Waals surface area contributed by atoms with Gasteiger partial charge in [0.05, 0.1) is 33.5 Å². The predicted molar refractivity (Wildman–Crippen MR) is 104 cm³/mol. The van der Waals surface area contributed by atoms with E-state index in [4.69, 9.17) is 0 Å². The minimum absolute atomic E-state index is 0. The van der Waals surface area contributed by atoms with Crippen molar-refractivity contribution in [3.63, 3.8) is 0 Å². The van der Waals surface area contributed by atoms with E-state index in [1.54, 1.807) is 24.3 Å². The molecule has 33 heavy (non-hydrogen) atoms. The zero-order chi connectivity index (χ0) is 22.8. The van der Waals surface area contributed by atoms with E-state index in [2.05, 4.69) is 15.1 Å². The molecule has 1 amide bonds. The number of nitrogens with one attached hydrogen (secondary N) is 2. The molecule has 0 aliphatic heterocycles. The van der Waals surface area contributed by atoms with Gasteiger partial charge in [0.2, 0.25) is 5.91 Å². The molecule has 0 radical (unpaired) electrons.